The second-order valence-electron chi connectivity index (χ2n) is 8.35. The third-order valence-corrected chi connectivity index (χ3v) is 6.20. The highest BCUT2D eigenvalue weighted by molar-refractivity contribution is 5.94. The number of para-hydroxylation sites is 2. The first-order chi connectivity index (χ1) is 16.2. The first kappa shape index (κ1) is 20.9. The first-order valence-corrected chi connectivity index (χ1v) is 11.2. The summed E-state index contributed by atoms with van der Waals surface area (Å²) in [6, 6.07) is 27.7. The van der Waals surface area contributed by atoms with Crippen molar-refractivity contribution in [1.82, 2.24) is 19.4 Å². The van der Waals surface area contributed by atoms with Gasteiger partial charge in [-0.3, -0.25) is 9.69 Å². The summed E-state index contributed by atoms with van der Waals surface area (Å²) >= 11 is 0. The van der Waals surface area contributed by atoms with Crippen LogP contribution in [0.4, 0.5) is 0 Å². The highest BCUT2D eigenvalue weighted by Crippen LogP contribution is 2.20. The summed E-state index contributed by atoms with van der Waals surface area (Å²) in [4.78, 5) is 22.0. The Balaban J connectivity index is 1.28. The van der Waals surface area contributed by atoms with E-state index in [1.165, 1.54) is 5.56 Å². The van der Waals surface area contributed by atoms with Crippen molar-refractivity contribution in [2.45, 2.75) is 13.1 Å². The summed E-state index contributed by atoms with van der Waals surface area (Å²) in [5.41, 5.74) is 4.60. The van der Waals surface area contributed by atoms with Gasteiger partial charge in [0.05, 0.1) is 29.2 Å². The molecule has 0 unspecified atom stereocenters. The molecule has 1 aliphatic rings. The number of imidazole rings is 1. The maximum absolute atomic E-state index is 12.8. The van der Waals surface area contributed by atoms with Crippen LogP contribution in [0.15, 0.2) is 78.9 Å². The summed E-state index contributed by atoms with van der Waals surface area (Å²) in [5.74, 6) is 1.07. The number of carbonyl (C=O) groups is 1. The molecule has 0 radical (unpaired) electrons. The van der Waals surface area contributed by atoms with E-state index in [2.05, 4.69) is 58.0 Å². The molecule has 1 aromatic heterocycles. The van der Waals surface area contributed by atoms with Gasteiger partial charge in [0.1, 0.15) is 5.82 Å². The Morgan fingerprint density at radius 2 is 1.55 bits per heavy atom. The van der Waals surface area contributed by atoms with Crippen LogP contribution in [0.3, 0.4) is 0 Å². The summed E-state index contributed by atoms with van der Waals surface area (Å²) in [6.07, 6.45) is 0. The molecule has 0 atom stereocenters. The fraction of sp³-hybridized carbons (Fsp3) is 0.222. The van der Waals surface area contributed by atoms with E-state index in [0.717, 1.165) is 43.0 Å². The predicted octanol–water partition coefficient (Wildman–Crippen LogP) is 3.91. The van der Waals surface area contributed by atoms with Gasteiger partial charge in [0, 0.05) is 38.3 Å². The van der Waals surface area contributed by atoms with Crippen molar-refractivity contribution in [2.75, 3.05) is 26.2 Å². The van der Waals surface area contributed by atoms with Crippen molar-refractivity contribution in [3.63, 3.8) is 0 Å². The van der Waals surface area contributed by atoms with Gasteiger partial charge in [-0.05, 0) is 42.0 Å². The number of aromatic nitrogens is 2. The van der Waals surface area contributed by atoms with Gasteiger partial charge in [0.25, 0.3) is 5.91 Å². The van der Waals surface area contributed by atoms with Crippen LogP contribution in [0.1, 0.15) is 27.3 Å². The first-order valence-electron chi connectivity index (χ1n) is 11.2. The minimum absolute atomic E-state index is 0.0236. The van der Waals surface area contributed by atoms with Gasteiger partial charge in [-0.25, -0.2) is 4.98 Å². The number of fused-ring (bicyclic) bond motifs is 1. The van der Waals surface area contributed by atoms with Gasteiger partial charge < -0.3 is 9.47 Å². The van der Waals surface area contributed by atoms with Gasteiger partial charge in [-0.15, -0.1) is 0 Å². The lowest BCUT2D eigenvalue weighted by atomic mass is 10.1. The van der Waals surface area contributed by atoms with E-state index >= 15 is 0 Å². The number of nitriles is 1. The minimum Gasteiger partial charge on any atom is -0.336 e. The van der Waals surface area contributed by atoms with E-state index in [1.54, 1.807) is 24.3 Å². The molecule has 6 heteroatoms. The molecule has 1 saturated heterocycles. The van der Waals surface area contributed by atoms with E-state index in [0.29, 0.717) is 24.2 Å². The Morgan fingerprint density at radius 3 is 2.27 bits per heavy atom. The summed E-state index contributed by atoms with van der Waals surface area (Å²) in [6.45, 7) is 4.50. The molecule has 2 heterocycles. The zero-order valence-corrected chi connectivity index (χ0v) is 18.4. The molecule has 3 aromatic carbocycles. The average molecular weight is 436 g/mol. The van der Waals surface area contributed by atoms with E-state index in [-0.39, 0.29) is 5.91 Å². The maximum Gasteiger partial charge on any atom is 0.253 e. The molecular formula is C27H25N5O. The number of hydrogen-bond donors (Lipinski definition) is 0. The van der Waals surface area contributed by atoms with Crippen LogP contribution >= 0.6 is 0 Å². The van der Waals surface area contributed by atoms with E-state index in [1.807, 2.05) is 17.0 Å². The standard InChI is InChI=1S/C27H25N5O/c28-18-21-10-12-23(13-11-21)27(33)31-16-14-30(15-17-31)20-26-29-24-8-4-5-9-25(24)32(26)19-22-6-2-1-3-7-22/h1-13H,14-17,19-20H2. The fourth-order valence-electron chi connectivity index (χ4n) is 4.37. The number of nitrogens with zero attached hydrogens (tertiary/aromatic N) is 5. The molecule has 0 N–H and O–H groups in total. The Hall–Kier alpha value is -3.95. The van der Waals surface area contributed by atoms with Crippen LogP contribution in [0.5, 0.6) is 0 Å². The monoisotopic (exact) mass is 435 g/mol. The lowest BCUT2D eigenvalue weighted by Gasteiger charge is -2.34. The lowest BCUT2D eigenvalue weighted by Crippen LogP contribution is -2.48. The second kappa shape index (κ2) is 9.27. The van der Waals surface area contributed by atoms with Gasteiger partial charge in [-0.2, -0.15) is 5.26 Å². The van der Waals surface area contributed by atoms with Crippen LogP contribution < -0.4 is 0 Å². The summed E-state index contributed by atoms with van der Waals surface area (Å²) in [7, 11) is 0. The van der Waals surface area contributed by atoms with Crippen molar-refractivity contribution >= 4 is 16.9 Å². The van der Waals surface area contributed by atoms with Gasteiger partial charge in [-0.1, -0.05) is 42.5 Å². The van der Waals surface area contributed by atoms with Crippen LogP contribution in [0, 0.1) is 11.3 Å². The molecule has 0 spiro atoms. The van der Waals surface area contributed by atoms with Crippen molar-refractivity contribution in [3.05, 3.63) is 101 Å². The number of rotatable bonds is 5. The third kappa shape index (κ3) is 4.50. The minimum atomic E-state index is 0.0236. The molecule has 33 heavy (non-hydrogen) atoms. The average Bonchev–Trinajstić information content (AvgIpc) is 3.21. The zero-order valence-electron chi connectivity index (χ0n) is 18.4. The zero-order chi connectivity index (χ0) is 22.6. The topological polar surface area (TPSA) is 65.2 Å². The van der Waals surface area contributed by atoms with Gasteiger partial charge in [0.15, 0.2) is 0 Å². The molecule has 164 valence electrons. The molecular weight excluding hydrogens is 410 g/mol. The second-order valence-corrected chi connectivity index (χ2v) is 8.35. The molecule has 0 aliphatic carbocycles. The van der Waals surface area contributed by atoms with E-state index in [9.17, 15) is 4.79 Å². The van der Waals surface area contributed by atoms with Crippen LogP contribution in [-0.4, -0.2) is 51.4 Å². The van der Waals surface area contributed by atoms with Crippen molar-refractivity contribution in [1.29, 1.82) is 5.26 Å². The van der Waals surface area contributed by atoms with Crippen molar-refractivity contribution < 1.29 is 4.79 Å². The predicted molar refractivity (Wildman–Crippen MR) is 128 cm³/mol. The fourth-order valence-corrected chi connectivity index (χ4v) is 4.37. The van der Waals surface area contributed by atoms with E-state index in [4.69, 9.17) is 10.2 Å². The van der Waals surface area contributed by atoms with Crippen LogP contribution in [0.2, 0.25) is 0 Å². The number of piperazine rings is 1. The van der Waals surface area contributed by atoms with Crippen LogP contribution in [0.25, 0.3) is 11.0 Å². The number of benzene rings is 3. The molecule has 1 aliphatic heterocycles. The number of carbonyl (C=O) groups excluding carboxylic acids is 1. The van der Waals surface area contributed by atoms with Crippen molar-refractivity contribution in [2.24, 2.45) is 0 Å². The van der Waals surface area contributed by atoms with Crippen LogP contribution in [-0.2, 0) is 13.1 Å². The summed E-state index contributed by atoms with van der Waals surface area (Å²) in [5, 5.41) is 8.96. The molecule has 0 bridgehead atoms. The lowest BCUT2D eigenvalue weighted by molar-refractivity contribution is 0.0624. The SMILES string of the molecule is N#Cc1ccc(C(=O)N2CCN(Cc3nc4ccccc4n3Cc3ccccc3)CC2)cc1. The van der Waals surface area contributed by atoms with Gasteiger partial charge in [0.2, 0.25) is 0 Å². The quantitative estimate of drug-likeness (QED) is 0.477. The Bertz CT molecular complexity index is 1300. The normalized spacial score (nSPS) is 14.3. The van der Waals surface area contributed by atoms with Crippen molar-refractivity contribution in [3.8, 4) is 6.07 Å². The third-order valence-electron chi connectivity index (χ3n) is 6.20. The number of amides is 1. The molecule has 4 aromatic rings. The summed E-state index contributed by atoms with van der Waals surface area (Å²) < 4.78 is 2.30. The molecule has 1 amide bonds. The maximum atomic E-state index is 12.8. The molecule has 0 saturated carbocycles. The largest absolute Gasteiger partial charge is 0.336 e. The Kier molecular flexibility index (Phi) is 5.88. The Morgan fingerprint density at radius 1 is 0.848 bits per heavy atom. The Labute approximate surface area is 193 Å². The van der Waals surface area contributed by atoms with Gasteiger partial charge >= 0.3 is 0 Å². The highest BCUT2D eigenvalue weighted by Gasteiger charge is 2.23. The molecule has 1 fully saturated rings. The smallest absolute Gasteiger partial charge is 0.253 e. The highest BCUT2D eigenvalue weighted by atomic mass is 16.2. The number of hydrogen-bond acceptors (Lipinski definition) is 4. The molecule has 6 nitrogen and oxygen atoms in total. The molecule has 5 rings (SSSR count). The van der Waals surface area contributed by atoms with E-state index < -0.39 is 0 Å².